The zero-order valence-corrected chi connectivity index (χ0v) is 30.7. The molecule has 0 radical (unpaired) electrons. The molecule has 4 N–H and O–H groups in total. The maximum absolute atomic E-state index is 13.5. The van der Waals surface area contributed by atoms with Crippen LogP contribution in [0.15, 0.2) is 84.9 Å². The van der Waals surface area contributed by atoms with Crippen molar-refractivity contribution in [1.29, 1.82) is 0 Å². The molecule has 0 saturated carbocycles. The first kappa shape index (κ1) is 37.6. The number of aliphatic hydroxyl groups excluding tert-OH is 1. The number of benzene rings is 2. The second-order valence-electron chi connectivity index (χ2n) is 12.6. The van der Waals surface area contributed by atoms with E-state index in [4.69, 9.17) is 42.5 Å². The number of hydrogen-bond acceptors (Lipinski definition) is 10. The molecular weight excluding hydrogens is 721 g/mol. The van der Waals surface area contributed by atoms with Crippen molar-refractivity contribution in [3.05, 3.63) is 123 Å². The van der Waals surface area contributed by atoms with Crippen LogP contribution in [0, 0.1) is 0 Å². The van der Waals surface area contributed by atoms with Crippen LogP contribution in [0.4, 0.5) is 5.82 Å². The molecule has 1 amide bonds. The van der Waals surface area contributed by atoms with Crippen LogP contribution in [0.2, 0.25) is 10.0 Å². The Bertz CT molecular complexity index is 2040. The number of hydrogen-bond donors (Lipinski definition) is 4. The van der Waals surface area contributed by atoms with E-state index in [2.05, 4.69) is 25.5 Å². The van der Waals surface area contributed by atoms with Gasteiger partial charge in [-0.15, -0.1) is 0 Å². The molecule has 2 aliphatic rings. The molecule has 1 aliphatic heterocycles. The molecule has 0 spiro atoms. The lowest BCUT2D eigenvalue weighted by Gasteiger charge is -2.23. The number of methoxy groups -OCH3 is 2. The van der Waals surface area contributed by atoms with Crippen LogP contribution in [0.1, 0.15) is 51.6 Å². The lowest BCUT2D eigenvalue weighted by atomic mass is 9.95. The maximum atomic E-state index is 13.5. The summed E-state index contributed by atoms with van der Waals surface area (Å²) in [4.78, 5) is 35.4. The molecule has 6 rings (SSSR count). The van der Waals surface area contributed by atoms with Gasteiger partial charge >= 0.3 is 5.97 Å². The number of nitrogens with zero attached hydrogens (tertiary/aromatic N) is 3. The third-order valence-corrected chi connectivity index (χ3v) is 9.62. The Morgan fingerprint density at radius 2 is 1.87 bits per heavy atom. The number of amides is 1. The fourth-order valence-electron chi connectivity index (χ4n) is 6.40. The van der Waals surface area contributed by atoms with Crippen molar-refractivity contribution in [2.45, 2.75) is 44.6 Å². The molecule has 0 saturated heterocycles. The van der Waals surface area contributed by atoms with Crippen molar-refractivity contribution in [3.63, 3.8) is 0 Å². The number of anilines is 1. The SMILES string of the molecule is COC1=CC=CN(Cc2ccc(NC(=O)c3cccc(-c4cccc5c4CC[C@@H]5Oc4nc(OC)c(CNC[C@@H](O)CC(=O)O)cc4Cl)c3Cl)nc2)C1. The summed E-state index contributed by atoms with van der Waals surface area (Å²) >= 11 is 13.6. The number of ether oxygens (including phenoxy) is 3. The van der Waals surface area contributed by atoms with Crippen LogP contribution >= 0.6 is 23.2 Å². The molecule has 1 aliphatic carbocycles. The van der Waals surface area contributed by atoms with E-state index in [1.807, 2.05) is 54.8 Å². The maximum Gasteiger partial charge on any atom is 0.306 e. The smallest absolute Gasteiger partial charge is 0.306 e. The number of carboxylic acids is 1. The number of halogens is 2. The number of aliphatic hydroxyl groups is 1. The van der Waals surface area contributed by atoms with Crippen LogP contribution in [-0.4, -0.2) is 70.4 Å². The number of fused-ring (bicyclic) bond motifs is 1. The van der Waals surface area contributed by atoms with Gasteiger partial charge in [0.05, 0.1) is 43.9 Å². The van der Waals surface area contributed by atoms with E-state index in [-0.39, 0.29) is 48.3 Å². The Morgan fingerprint density at radius 1 is 1.06 bits per heavy atom. The van der Waals surface area contributed by atoms with E-state index in [1.165, 1.54) is 7.11 Å². The summed E-state index contributed by atoms with van der Waals surface area (Å²) in [6.45, 7) is 1.63. The molecule has 3 heterocycles. The minimum absolute atomic E-state index is 0.0712. The molecule has 53 heavy (non-hydrogen) atoms. The third-order valence-electron chi connectivity index (χ3n) is 8.94. The van der Waals surface area contributed by atoms with Crippen molar-refractivity contribution in [2.75, 3.05) is 32.6 Å². The number of rotatable bonds is 15. The van der Waals surface area contributed by atoms with Crippen LogP contribution in [-0.2, 0) is 29.0 Å². The van der Waals surface area contributed by atoms with E-state index in [1.54, 1.807) is 31.5 Å². The van der Waals surface area contributed by atoms with E-state index in [0.29, 0.717) is 47.9 Å². The summed E-state index contributed by atoms with van der Waals surface area (Å²) in [7, 11) is 3.14. The number of allylic oxidation sites excluding steroid dienone is 2. The predicted octanol–water partition coefficient (Wildman–Crippen LogP) is 6.56. The zero-order chi connectivity index (χ0) is 37.5. The number of pyridine rings is 2. The van der Waals surface area contributed by atoms with Gasteiger partial charge < -0.3 is 40.0 Å². The van der Waals surface area contributed by atoms with Gasteiger partial charge in [-0.25, -0.2) is 4.98 Å². The molecule has 276 valence electrons. The molecule has 2 atom stereocenters. The minimum Gasteiger partial charge on any atom is -0.499 e. The monoisotopic (exact) mass is 759 g/mol. The molecule has 2 aromatic carbocycles. The van der Waals surface area contributed by atoms with Gasteiger partial charge in [-0.05, 0) is 71.6 Å². The lowest BCUT2D eigenvalue weighted by molar-refractivity contribution is -0.139. The average Bonchev–Trinajstić information content (AvgIpc) is 3.56. The van der Waals surface area contributed by atoms with Gasteiger partial charge in [0.15, 0.2) is 0 Å². The van der Waals surface area contributed by atoms with Gasteiger partial charge in [0.1, 0.15) is 22.7 Å². The van der Waals surface area contributed by atoms with Gasteiger partial charge in [-0.3, -0.25) is 9.59 Å². The normalized spacial score (nSPS) is 15.4. The molecule has 4 aromatic rings. The van der Waals surface area contributed by atoms with Crippen molar-refractivity contribution in [3.8, 4) is 22.9 Å². The van der Waals surface area contributed by atoms with E-state index >= 15 is 0 Å². The summed E-state index contributed by atoms with van der Waals surface area (Å²) in [5.41, 5.74) is 5.57. The van der Waals surface area contributed by atoms with Crippen molar-refractivity contribution in [2.24, 2.45) is 0 Å². The van der Waals surface area contributed by atoms with Crippen LogP contribution < -0.4 is 20.1 Å². The highest BCUT2D eigenvalue weighted by Gasteiger charge is 2.29. The van der Waals surface area contributed by atoms with Crippen molar-refractivity contribution >= 4 is 40.9 Å². The Labute approximate surface area is 317 Å². The predicted molar refractivity (Wildman–Crippen MR) is 201 cm³/mol. The number of aliphatic carboxylic acids is 1. The third kappa shape index (κ3) is 9.09. The minimum atomic E-state index is -1.08. The first-order valence-electron chi connectivity index (χ1n) is 17.0. The number of aromatic nitrogens is 2. The topological polar surface area (TPSA) is 155 Å². The van der Waals surface area contributed by atoms with Crippen LogP contribution in [0.5, 0.6) is 11.8 Å². The van der Waals surface area contributed by atoms with Crippen LogP contribution in [0.3, 0.4) is 0 Å². The van der Waals surface area contributed by atoms with Crippen LogP contribution in [0.25, 0.3) is 11.1 Å². The van der Waals surface area contributed by atoms with E-state index < -0.39 is 12.1 Å². The van der Waals surface area contributed by atoms with Crippen molar-refractivity contribution < 1.29 is 34.0 Å². The Hall–Kier alpha value is -5.14. The standard InChI is InChI=1S/C39H39Cl2N5O7/c1-51-26-6-5-15-46(22-26)21-23-11-14-34(43-18-23)44-37(50)31-10-4-9-30(36(31)41)27-7-3-8-29-28(27)12-13-33(29)53-39-32(40)16-24(38(45-39)52-2)19-42-20-25(47)17-35(48)49/h3-11,14-16,18,25,33,42,47H,12-13,17,19-22H2,1-2H3,(H,48,49)(H,43,44,50)/t25-,33-/m0/s1. The molecular formula is C39H39Cl2N5O7. The number of carboxylic acid groups (broad SMARTS) is 1. The second kappa shape index (κ2) is 17.1. The number of carbonyl (C=O) groups is 2. The Balaban J connectivity index is 1.13. The van der Waals surface area contributed by atoms with Gasteiger partial charge in [0.25, 0.3) is 5.91 Å². The second-order valence-corrected chi connectivity index (χ2v) is 13.4. The Morgan fingerprint density at radius 3 is 2.62 bits per heavy atom. The fourth-order valence-corrected chi connectivity index (χ4v) is 6.93. The quantitative estimate of drug-likeness (QED) is 0.104. The molecule has 14 heteroatoms. The highest BCUT2D eigenvalue weighted by atomic mass is 35.5. The summed E-state index contributed by atoms with van der Waals surface area (Å²) in [5.74, 6) is 0.337. The lowest BCUT2D eigenvalue weighted by Crippen LogP contribution is -2.28. The summed E-state index contributed by atoms with van der Waals surface area (Å²) in [5, 5.41) is 25.2. The first-order chi connectivity index (χ1) is 25.6. The summed E-state index contributed by atoms with van der Waals surface area (Å²) < 4.78 is 17.2. The molecule has 12 nitrogen and oxygen atoms in total. The van der Waals surface area contributed by atoms with Crippen molar-refractivity contribution in [1.82, 2.24) is 20.2 Å². The average molecular weight is 761 g/mol. The van der Waals surface area contributed by atoms with Gasteiger partial charge in [0.2, 0.25) is 11.8 Å². The highest BCUT2D eigenvalue weighted by molar-refractivity contribution is 6.37. The number of carbonyl (C=O) groups excluding carboxylic acids is 1. The molecule has 0 unspecified atom stereocenters. The van der Waals surface area contributed by atoms with Gasteiger partial charge in [-0.2, -0.15) is 4.98 Å². The van der Waals surface area contributed by atoms with Gasteiger partial charge in [-0.1, -0.05) is 59.6 Å². The van der Waals surface area contributed by atoms with Gasteiger partial charge in [0, 0.05) is 37.0 Å². The summed E-state index contributed by atoms with van der Waals surface area (Å²) in [6, 6.07) is 16.7. The Kier molecular flexibility index (Phi) is 12.2. The largest absolute Gasteiger partial charge is 0.499 e. The molecule has 0 fully saturated rings. The molecule has 0 bridgehead atoms. The van der Waals surface area contributed by atoms with E-state index in [0.717, 1.165) is 33.6 Å². The summed E-state index contributed by atoms with van der Waals surface area (Å²) in [6.07, 6.45) is 7.22. The fraction of sp³-hybridized carbons (Fsp3) is 0.282. The van der Waals surface area contributed by atoms with E-state index in [9.17, 15) is 14.7 Å². The first-order valence-corrected chi connectivity index (χ1v) is 17.7. The highest BCUT2D eigenvalue weighted by Crippen LogP contribution is 2.43. The number of nitrogens with one attached hydrogen (secondary N) is 2. The molecule has 2 aromatic heterocycles. The zero-order valence-electron chi connectivity index (χ0n) is 29.1.